The highest BCUT2D eigenvalue weighted by Crippen LogP contribution is 2.18. The van der Waals surface area contributed by atoms with Crippen LogP contribution < -0.4 is 5.32 Å². The summed E-state index contributed by atoms with van der Waals surface area (Å²) in [6.45, 7) is 8.30. The lowest BCUT2D eigenvalue weighted by Crippen LogP contribution is -2.33. The van der Waals surface area contributed by atoms with Gasteiger partial charge in [0, 0.05) is 25.3 Å². The molecule has 5 nitrogen and oxygen atoms in total. The predicted octanol–water partition coefficient (Wildman–Crippen LogP) is 3.13. The van der Waals surface area contributed by atoms with Gasteiger partial charge in [0.25, 0.3) is 5.91 Å². The quantitative estimate of drug-likeness (QED) is 0.849. The van der Waals surface area contributed by atoms with Gasteiger partial charge in [0.1, 0.15) is 5.69 Å². The molecule has 134 valence electrons. The van der Waals surface area contributed by atoms with Crippen molar-refractivity contribution in [1.82, 2.24) is 20.4 Å². The van der Waals surface area contributed by atoms with Gasteiger partial charge < -0.3 is 5.32 Å². The van der Waals surface area contributed by atoms with Crippen molar-refractivity contribution in [2.45, 2.75) is 46.2 Å². The number of likely N-dealkylation sites (tertiary alicyclic amines) is 1. The van der Waals surface area contributed by atoms with Gasteiger partial charge in [-0.25, -0.2) is 0 Å². The first-order valence-electron chi connectivity index (χ1n) is 9.26. The molecule has 1 aromatic carbocycles. The molecule has 2 N–H and O–H groups in total. The first-order valence-corrected chi connectivity index (χ1v) is 9.26. The first kappa shape index (κ1) is 17.7. The Morgan fingerprint density at radius 2 is 2.08 bits per heavy atom. The fourth-order valence-electron chi connectivity index (χ4n) is 3.38. The maximum atomic E-state index is 12.1. The summed E-state index contributed by atoms with van der Waals surface area (Å²) in [5, 5.41) is 9.84. The highest BCUT2D eigenvalue weighted by molar-refractivity contribution is 5.92. The molecule has 1 saturated heterocycles. The number of carbonyl (C=O) groups excluding carboxylic acids is 1. The van der Waals surface area contributed by atoms with Crippen molar-refractivity contribution in [2.75, 3.05) is 13.1 Å². The summed E-state index contributed by atoms with van der Waals surface area (Å²) in [4.78, 5) is 14.6. The van der Waals surface area contributed by atoms with E-state index >= 15 is 0 Å². The molecule has 25 heavy (non-hydrogen) atoms. The Morgan fingerprint density at radius 1 is 1.32 bits per heavy atom. The molecule has 1 aliphatic rings. The highest BCUT2D eigenvalue weighted by atomic mass is 16.1. The summed E-state index contributed by atoms with van der Waals surface area (Å²) < 4.78 is 0. The number of aromatic amines is 1. The zero-order chi connectivity index (χ0) is 17.6. The van der Waals surface area contributed by atoms with Gasteiger partial charge in [-0.2, -0.15) is 5.10 Å². The van der Waals surface area contributed by atoms with E-state index < -0.39 is 0 Å². The smallest absolute Gasteiger partial charge is 0.272 e. The second-order valence-corrected chi connectivity index (χ2v) is 7.11. The summed E-state index contributed by atoms with van der Waals surface area (Å²) in [7, 11) is 0. The van der Waals surface area contributed by atoms with Crippen LogP contribution in [0.4, 0.5) is 0 Å². The summed E-state index contributed by atoms with van der Waals surface area (Å²) >= 11 is 0. The van der Waals surface area contributed by atoms with Crippen LogP contribution in [0.3, 0.4) is 0 Å². The summed E-state index contributed by atoms with van der Waals surface area (Å²) in [6.07, 6.45) is 3.50. The van der Waals surface area contributed by atoms with E-state index in [1.165, 1.54) is 31.5 Å². The second kappa shape index (κ2) is 8.30. The topological polar surface area (TPSA) is 61.0 Å². The summed E-state index contributed by atoms with van der Waals surface area (Å²) in [6, 6.07) is 10.4. The van der Waals surface area contributed by atoms with Crippen LogP contribution in [-0.4, -0.2) is 34.1 Å². The Bertz CT molecular complexity index is 692. The molecule has 1 aromatic heterocycles. The Kier molecular flexibility index (Phi) is 5.87. The number of carbonyl (C=O) groups is 1. The van der Waals surface area contributed by atoms with Crippen LogP contribution in [-0.2, 0) is 19.5 Å². The third-order valence-corrected chi connectivity index (χ3v) is 4.87. The molecule has 1 aliphatic heterocycles. The van der Waals surface area contributed by atoms with Crippen molar-refractivity contribution in [2.24, 2.45) is 5.92 Å². The normalized spacial score (nSPS) is 18.2. The maximum Gasteiger partial charge on any atom is 0.272 e. The Balaban J connectivity index is 1.49. The molecule has 1 atom stereocenters. The first-order chi connectivity index (χ1) is 12.1. The van der Waals surface area contributed by atoms with Gasteiger partial charge in [-0.05, 0) is 48.9 Å². The van der Waals surface area contributed by atoms with Gasteiger partial charge in [0.05, 0.1) is 0 Å². The summed E-state index contributed by atoms with van der Waals surface area (Å²) in [5.74, 6) is 0.667. The van der Waals surface area contributed by atoms with Crippen LogP contribution in [0.2, 0.25) is 0 Å². The van der Waals surface area contributed by atoms with Gasteiger partial charge in [0.15, 0.2) is 0 Å². The zero-order valence-corrected chi connectivity index (χ0v) is 15.2. The van der Waals surface area contributed by atoms with Crippen LogP contribution in [0.1, 0.15) is 54.0 Å². The minimum atomic E-state index is -0.137. The van der Waals surface area contributed by atoms with Crippen molar-refractivity contribution >= 4 is 5.91 Å². The molecule has 0 aliphatic carbocycles. The average Bonchev–Trinajstić information content (AvgIpc) is 3.10. The maximum absolute atomic E-state index is 12.1. The number of hydrogen-bond donors (Lipinski definition) is 2. The molecule has 0 radical (unpaired) electrons. The molecular formula is C20H28N4O. The minimum Gasteiger partial charge on any atom is -0.347 e. The number of H-pyrrole nitrogens is 1. The minimum absolute atomic E-state index is 0.137. The van der Waals surface area contributed by atoms with Crippen molar-refractivity contribution in [1.29, 1.82) is 0 Å². The van der Waals surface area contributed by atoms with E-state index in [4.69, 9.17) is 0 Å². The van der Waals surface area contributed by atoms with E-state index in [1.807, 2.05) is 6.92 Å². The van der Waals surface area contributed by atoms with Crippen molar-refractivity contribution in [3.8, 4) is 0 Å². The van der Waals surface area contributed by atoms with Crippen LogP contribution in [0.15, 0.2) is 30.3 Å². The van der Waals surface area contributed by atoms with E-state index in [1.54, 1.807) is 6.07 Å². The lowest BCUT2D eigenvalue weighted by atomic mass is 9.99. The molecule has 5 heteroatoms. The van der Waals surface area contributed by atoms with Gasteiger partial charge >= 0.3 is 0 Å². The Morgan fingerprint density at radius 3 is 2.76 bits per heavy atom. The van der Waals surface area contributed by atoms with Gasteiger partial charge in [0.2, 0.25) is 0 Å². The lowest BCUT2D eigenvalue weighted by molar-refractivity contribution is 0.0946. The van der Waals surface area contributed by atoms with Crippen molar-refractivity contribution < 1.29 is 4.79 Å². The number of amides is 1. The number of rotatable bonds is 6. The van der Waals surface area contributed by atoms with Gasteiger partial charge in [-0.1, -0.05) is 38.1 Å². The van der Waals surface area contributed by atoms with Crippen LogP contribution >= 0.6 is 0 Å². The fraction of sp³-hybridized carbons (Fsp3) is 0.500. The highest BCUT2D eigenvalue weighted by Gasteiger charge is 2.16. The number of hydrogen-bond acceptors (Lipinski definition) is 3. The molecule has 2 heterocycles. The Labute approximate surface area is 149 Å². The third-order valence-electron chi connectivity index (χ3n) is 4.87. The number of piperidine rings is 1. The molecular weight excluding hydrogens is 312 g/mol. The van der Waals surface area contributed by atoms with E-state index in [0.717, 1.165) is 30.1 Å². The van der Waals surface area contributed by atoms with E-state index in [9.17, 15) is 4.79 Å². The molecule has 3 rings (SSSR count). The standard InChI is InChI=1S/C20H28N4O/c1-3-18-11-19(23-22-18)20(25)21-12-16-6-8-17(9-7-16)14-24-10-4-5-15(2)13-24/h6-9,11,15H,3-5,10,12-14H2,1-2H3,(H,21,25)(H,22,23). The lowest BCUT2D eigenvalue weighted by Gasteiger charge is -2.30. The molecule has 0 saturated carbocycles. The van der Waals surface area contributed by atoms with Crippen molar-refractivity contribution in [3.05, 3.63) is 52.8 Å². The molecule has 2 aromatic rings. The van der Waals surface area contributed by atoms with E-state index in [-0.39, 0.29) is 5.91 Å². The van der Waals surface area contributed by atoms with Gasteiger partial charge in [-0.3, -0.25) is 14.8 Å². The fourth-order valence-corrected chi connectivity index (χ4v) is 3.38. The largest absolute Gasteiger partial charge is 0.347 e. The molecule has 0 spiro atoms. The predicted molar refractivity (Wildman–Crippen MR) is 99.3 cm³/mol. The van der Waals surface area contributed by atoms with E-state index in [2.05, 4.69) is 51.6 Å². The van der Waals surface area contributed by atoms with Crippen LogP contribution in [0.5, 0.6) is 0 Å². The monoisotopic (exact) mass is 340 g/mol. The zero-order valence-electron chi connectivity index (χ0n) is 15.2. The molecule has 1 amide bonds. The number of benzene rings is 1. The van der Waals surface area contributed by atoms with Crippen LogP contribution in [0.25, 0.3) is 0 Å². The van der Waals surface area contributed by atoms with Crippen molar-refractivity contribution in [3.63, 3.8) is 0 Å². The third kappa shape index (κ3) is 4.92. The Hall–Kier alpha value is -2.14. The van der Waals surface area contributed by atoms with E-state index in [0.29, 0.717) is 12.2 Å². The second-order valence-electron chi connectivity index (χ2n) is 7.11. The summed E-state index contributed by atoms with van der Waals surface area (Å²) in [5.41, 5.74) is 3.87. The average molecular weight is 340 g/mol. The molecule has 1 fully saturated rings. The molecule has 1 unspecified atom stereocenters. The number of aryl methyl sites for hydroxylation is 1. The van der Waals surface area contributed by atoms with Gasteiger partial charge in [-0.15, -0.1) is 0 Å². The number of nitrogens with zero attached hydrogens (tertiary/aromatic N) is 2. The number of aromatic nitrogens is 2. The molecule has 0 bridgehead atoms. The SMILES string of the molecule is CCc1cc(C(=O)NCc2ccc(CN3CCCC(C)C3)cc2)n[nH]1. The van der Waals surface area contributed by atoms with Crippen LogP contribution in [0, 0.1) is 5.92 Å². The number of nitrogens with one attached hydrogen (secondary N) is 2.